The number of amides is 1. The number of nitrogens with one attached hydrogen (secondary N) is 1. The van der Waals surface area contributed by atoms with E-state index in [0.717, 1.165) is 17.4 Å². The molecule has 1 aromatic heterocycles. The van der Waals surface area contributed by atoms with E-state index in [-0.39, 0.29) is 16.2 Å². The summed E-state index contributed by atoms with van der Waals surface area (Å²) < 4.78 is 39.3. The van der Waals surface area contributed by atoms with E-state index in [4.69, 9.17) is 5.26 Å². The minimum Gasteiger partial charge on any atom is -0.298 e. The van der Waals surface area contributed by atoms with Crippen molar-refractivity contribution in [1.82, 2.24) is 4.98 Å². The van der Waals surface area contributed by atoms with Gasteiger partial charge in [-0.1, -0.05) is 17.4 Å². The number of fused-ring (bicyclic) bond motifs is 1. The molecule has 0 saturated carbocycles. The Morgan fingerprint density at radius 1 is 1.17 bits per heavy atom. The highest BCUT2D eigenvalue weighted by molar-refractivity contribution is 7.22. The topological polar surface area (TPSA) is 65.8 Å². The molecule has 1 amide bonds. The zero-order valence-corrected chi connectivity index (χ0v) is 12.7. The fourth-order valence-electron chi connectivity index (χ4n) is 2.10. The van der Waals surface area contributed by atoms with Gasteiger partial charge in [0.1, 0.15) is 0 Å². The molecule has 0 unspecified atom stereocenters. The Bertz CT molecular complexity index is 955. The summed E-state index contributed by atoms with van der Waals surface area (Å²) in [5.74, 6) is -0.507. The summed E-state index contributed by atoms with van der Waals surface area (Å²) in [6.45, 7) is 0. The summed E-state index contributed by atoms with van der Waals surface area (Å²) >= 11 is 0.963. The minimum absolute atomic E-state index is 0.0797. The highest BCUT2D eigenvalue weighted by Crippen LogP contribution is 2.37. The standard InChI is InChI=1S/C16H8F3N3OS/c17-16(18,19)11-2-1-3-12-13(11)21-15(24-12)22-14(23)10-6-4-9(8-20)5-7-10/h1-7H,(H,21,22,23). The van der Waals surface area contributed by atoms with Crippen molar-refractivity contribution in [3.63, 3.8) is 0 Å². The third kappa shape index (κ3) is 3.07. The zero-order valence-electron chi connectivity index (χ0n) is 11.9. The van der Waals surface area contributed by atoms with Crippen LogP contribution < -0.4 is 5.32 Å². The molecule has 1 heterocycles. The van der Waals surface area contributed by atoms with Crippen molar-refractivity contribution in [3.8, 4) is 6.07 Å². The Kier molecular flexibility index (Phi) is 3.95. The first-order valence-electron chi connectivity index (χ1n) is 6.67. The number of rotatable bonds is 2. The number of alkyl halides is 3. The number of carbonyl (C=O) groups excluding carboxylic acids is 1. The van der Waals surface area contributed by atoms with Crippen LogP contribution in [0.2, 0.25) is 0 Å². The SMILES string of the molecule is N#Cc1ccc(C(=O)Nc2nc3c(C(F)(F)F)cccc3s2)cc1. The van der Waals surface area contributed by atoms with Gasteiger partial charge in [0.15, 0.2) is 5.13 Å². The maximum absolute atomic E-state index is 13.0. The number of carbonyl (C=O) groups is 1. The lowest BCUT2D eigenvalue weighted by molar-refractivity contribution is -0.136. The predicted octanol–water partition coefficient (Wildman–Crippen LogP) is 4.44. The number of benzene rings is 2. The number of para-hydroxylation sites is 1. The van der Waals surface area contributed by atoms with E-state index >= 15 is 0 Å². The van der Waals surface area contributed by atoms with Gasteiger partial charge in [0, 0.05) is 5.56 Å². The molecule has 1 N–H and O–H groups in total. The van der Waals surface area contributed by atoms with Gasteiger partial charge in [-0.3, -0.25) is 10.1 Å². The third-order valence-corrected chi connectivity index (χ3v) is 4.16. The molecular weight excluding hydrogens is 339 g/mol. The van der Waals surface area contributed by atoms with Crippen LogP contribution in [0.5, 0.6) is 0 Å². The molecule has 3 aromatic rings. The molecule has 4 nitrogen and oxygen atoms in total. The molecule has 0 atom stereocenters. The number of anilines is 1. The third-order valence-electron chi connectivity index (χ3n) is 3.22. The Labute approximate surface area is 138 Å². The van der Waals surface area contributed by atoms with E-state index in [1.54, 1.807) is 0 Å². The molecule has 0 aliphatic rings. The van der Waals surface area contributed by atoms with Crippen molar-refractivity contribution in [1.29, 1.82) is 5.26 Å². The maximum Gasteiger partial charge on any atom is 0.418 e. The second-order valence-corrected chi connectivity index (χ2v) is 5.84. The number of halogens is 3. The van der Waals surface area contributed by atoms with Crippen molar-refractivity contribution >= 4 is 32.6 Å². The van der Waals surface area contributed by atoms with E-state index in [2.05, 4.69) is 10.3 Å². The van der Waals surface area contributed by atoms with Crippen LogP contribution >= 0.6 is 11.3 Å². The quantitative estimate of drug-likeness (QED) is 0.745. The number of thiazole rings is 1. The van der Waals surface area contributed by atoms with Gasteiger partial charge >= 0.3 is 6.18 Å². The summed E-state index contributed by atoms with van der Waals surface area (Å²) in [5, 5.41) is 11.3. The average molecular weight is 347 g/mol. The Balaban J connectivity index is 1.90. The van der Waals surface area contributed by atoms with Gasteiger partial charge in [-0.2, -0.15) is 18.4 Å². The van der Waals surface area contributed by atoms with Crippen molar-refractivity contribution in [2.45, 2.75) is 6.18 Å². The number of hydrogen-bond donors (Lipinski definition) is 1. The smallest absolute Gasteiger partial charge is 0.298 e. The van der Waals surface area contributed by atoms with Crippen LogP contribution in [-0.4, -0.2) is 10.9 Å². The van der Waals surface area contributed by atoms with Crippen molar-refractivity contribution in [2.75, 3.05) is 5.32 Å². The van der Waals surface area contributed by atoms with E-state index in [9.17, 15) is 18.0 Å². The molecule has 24 heavy (non-hydrogen) atoms. The van der Waals surface area contributed by atoms with Crippen LogP contribution in [0.15, 0.2) is 42.5 Å². The fourth-order valence-corrected chi connectivity index (χ4v) is 2.98. The normalized spacial score (nSPS) is 11.2. The van der Waals surface area contributed by atoms with Crippen molar-refractivity contribution in [2.24, 2.45) is 0 Å². The molecule has 0 fully saturated rings. The Morgan fingerprint density at radius 2 is 1.88 bits per heavy atom. The Hall–Kier alpha value is -2.92. The number of aromatic nitrogens is 1. The first kappa shape index (κ1) is 16.0. The highest BCUT2D eigenvalue weighted by atomic mass is 32.1. The second-order valence-electron chi connectivity index (χ2n) is 4.81. The first-order chi connectivity index (χ1) is 11.4. The average Bonchev–Trinajstić information content (AvgIpc) is 2.96. The van der Waals surface area contributed by atoms with Gasteiger partial charge in [0.2, 0.25) is 0 Å². The lowest BCUT2D eigenvalue weighted by atomic mass is 10.1. The van der Waals surface area contributed by atoms with Gasteiger partial charge in [0.25, 0.3) is 5.91 Å². The monoisotopic (exact) mass is 347 g/mol. The molecule has 0 aliphatic carbocycles. The van der Waals surface area contributed by atoms with Gasteiger partial charge in [0.05, 0.1) is 27.4 Å². The summed E-state index contributed by atoms with van der Waals surface area (Å²) in [4.78, 5) is 16.0. The van der Waals surface area contributed by atoms with Crippen LogP contribution in [-0.2, 0) is 6.18 Å². The summed E-state index contributed by atoms with van der Waals surface area (Å²) in [5.41, 5.74) is -0.342. The molecule has 0 radical (unpaired) electrons. The summed E-state index contributed by atoms with van der Waals surface area (Å²) in [7, 11) is 0. The van der Waals surface area contributed by atoms with Crippen LogP contribution in [0.1, 0.15) is 21.5 Å². The highest BCUT2D eigenvalue weighted by Gasteiger charge is 2.33. The predicted molar refractivity (Wildman–Crippen MR) is 83.7 cm³/mol. The van der Waals surface area contributed by atoms with Gasteiger partial charge < -0.3 is 0 Å². The Morgan fingerprint density at radius 3 is 2.50 bits per heavy atom. The van der Waals surface area contributed by atoms with E-state index in [1.165, 1.54) is 36.4 Å². The fraction of sp³-hybridized carbons (Fsp3) is 0.0625. The number of nitrogens with zero attached hydrogens (tertiary/aromatic N) is 2. The van der Waals surface area contributed by atoms with Crippen LogP contribution in [0.25, 0.3) is 10.2 Å². The van der Waals surface area contributed by atoms with Gasteiger partial charge in [-0.25, -0.2) is 4.98 Å². The van der Waals surface area contributed by atoms with Crippen LogP contribution in [0.3, 0.4) is 0 Å². The van der Waals surface area contributed by atoms with Gasteiger partial charge in [-0.05, 0) is 36.4 Å². The molecule has 3 rings (SSSR count). The summed E-state index contributed by atoms with van der Waals surface area (Å²) in [6.07, 6.45) is -4.51. The lowest BCUT2D eigenvalue weighted by Gasteiger charge is -2.06. The molecule has 120 valence electrons. The van der Waals surface area contributed by atoms with Crippen molar-refractivity contribution in [3.05, 3.63) is 59.2 Å². The second kappa shape index (κ2) is 5.94. The summed E-state index contributed by atoms with van der Waals surface area (Å²) in [6, 6.07) is 11.6. The molecule has 2 aromatic carbocycles. The molecule has 0 spiro atoms. The maximum atomic E-state index is 13.0. The minimum atomic E-state index is -4.51. The molecule has 8 heteroatoms. The van der Waals surface area contributed by atoms with Crippen molar-refractivity contribution < 1.29 is 18.0 Å². The van der Waals surface area contributed by atoms with E-state index in [0.29, 0.717) is 10.3 Å². The van der Waals surface area contributed by atoms with E-state index < -0.39 is 17.6 Å². The number of hydrogen-bond acceptors (Lipinski definition) is 4. The van der Waals surface area contributed by atoms with Crippen LogP contribution in [0.4, 0.5) is 18.3 Å². The zero-order chi connectivity index (χ0) is 17.3. The largest absolute Gasteiger partial charge is 0.418 e. The lowest BCUT2D eigenvalue weighted by Crippen LogP contribution is -2.11. The molecule has 0 aliphatic heterocycles. The molecule has 0 saturated heterocycles. The van der Waals surface area contributed by atoms with Gasteiger partial charge in [-0.15, -0.1) is 0 Å². The molecule has 0 bridgehead atoms. The van der Waals surface area contributed by atoms with Crippen LogP contribution in [0, 0.1) is 11.3 Å². The first-order valence-corrected chi connectivity index (χ1v) is 7.48. The number of nitriles is 1. The van der Waals surface area contributed by atoms with E-state index in [1.807, 2.05) is 6.07 Å². The molecular formula is C16H8F3N3OS.